The zero-order valence-corrected chi connectivity index (χ0v) is 10.8. The van der Waals surface area contributed by atoms with E-state index in [4.69, 9.17) is 5.73 Å². The van der Waals surface area contributed by atoms with Gasteiger partial charge in [0.1, 0.15) is 0 Å². The Bertz CT molecular complexity index is 264. The molecule has 5 nitrogen and oxygen atoms in total. The Morgan fingerprint density at radius 2 is 1.75 bits per heavy atom. The Labute approximate surface area is 97.2 Å². The molecule has 16 heavy (non-hydrogen) atoms. The predicted molar refractivity (Wildman–Crippen MR) is 63.8 cm³/mol. The molecule has 0 fully saturated rings. The Morgan fingerprint density at radius 3 is 2.12 bits per heavy atom. The average molecular weight is 229 g/mol. The molecule has 0 aliphatic heterocycles. The lowest BCUT2D eigenvalue weighted by Gasteiger charge is -2.27. The van der Waals surface area contributed by atoms with Crippen molar-refractivity contribution in [1.29, 1.82) is 0 Å². The van der Waals surface area contributed by atoms with Crippen LogP contribution >= 0.6 is 0 Å². The van der Waals surface area contributed by atoms with Crippen molar-refractivity contribution >= 4 is 11.8 Å². The molecule has 94 valence electrons. The summed E-state index contributed by atoms with van der Waals surface area (Å²) in [6, 6.07) is -0.946. The smallest absolute Gasteiger partial charge is 0.237 e. The van der Waals surface area contributed by atoms with Crippen molar-refractivity contribution in [1.82, 2.24) is 10.6 Å². The van der Waals surface area contributed by atoms with Crippen LogP contribution in [0.3, 0.4) is 0 Å². The lowest BCUT2D eigenvalue weighted by molar-refractivity contribution is -0.125. The number of primary amides is 1. The molecule has 2 amide bonds. The molecule has 0 aromatic heterocycles. The summed E-state index contributed by atoms with van der Waals surface area (Å²) >= 11 is 0. The maximum absolute atomic E-state index is 11.7. The van der Waals surface area contributed by atoms with Crippen LogP contribution in [0.2, 0.25) is 0 Å². The molecule has 5 heteroatoms. The minimum atomic E-state index is -0.509. The summed E-state index contributed by atoms with van der Waals surface area (Å²) < 4.78 is 0. The average Bonchev–Trinajstić information content (AvgIpc) is 2.16. The van der Waals surface area contributed by atoms with Crippen LogP contribution in [0.4, 0.5) is 0 Å². The van der Waals surface area contributed by atoms with Gasteiger partial charge in [0.2, 0.25) is 11.8 Å². The summed E-state index contributed by atoms with van der Waals surface area (Å²) in [6.45, 7) is 9.26. The first-order valence-electron chi connectivity index (χ1n) is 5.57. The van der Waals surface area contributed by atoms with Gasteiger partial charge in [-0.3, -0.25) is 14.9 Å². The van der Waals surface area contributed by atoms with Gasteiger partial charge in [0.05, 0.1) is 12.1 Å². The molecular weight excluding hydrogens is 206 g/mol. The van der Waals surface area contributed by atoms with E-state index in [0.29, 0.717) is 0 Å². The van der Waals surface area contributed by atoms with Gasteiger partial charge in [-0.15, -0.1) is 0 Å². The molecule has 0 aliphatic rings. The van der Waals surface area contributed by atoms with Gasteiger partial charge >= 0.3 is 0 Å². The van der Waals surface area contributed by atoms with E-state index in [1.54, 1.807) is 13.8 Å². The molecule has 2 atom stereocenters. The quantitative estimate of drug-likeness (QED) is 0.606. The molecule has 0 rings (SSSR count). The third-order valence-electron chi connectivity index (χ3n) is 2.67. The molecule has 2 unspecified atom stereocenters. The van der Waals surface area contributed by atoms with Crippen LogP contribution in [0.25, 0.3) is 0 Å². The fraction of sp³-hybridized carbons (Fsp3) is 0.818. The summed E-state index contributed by atoms with van der Waals surface area (Å²) in [6.07, 6.45) is 0.844. The van der Waals surface area contributed by atoms with E-state index in [0.717, 1.165) is 6.42 Å². The molecule has 0 radical (unpaired) electrons. The van der Waals surface area contributed by atoms with Gasteiger partial charge in [0.25, 0.3) is 0 Å². The number of hydrogen-bond acceptors (Lipinski definition) is 3. The Kier molecular flexibility index (Phi) is 5.44. The predicted octanol–water partition coefficient (Wildman–Crippen LogP) is 0.143. The van der Waals surface area contributed by atoms with Gasteiger partial charge in [0.15, 0.2) is 0 Å². The number of amides is 2. The van der Waals surface area contributed by atoms with Crippen molar-refractivity contribution in [3.63, 3.8) is 0 Å². The normalized spacial score (nSPS) is 15.3. The minimum absolute atomic E-state index is 0.125. The number of carbonyl (C=O) groups excluding carboxylic acids is 2. The maximum Gasteiger partial charge on any atom is 0.237 e. The molecule has 0 saturated heterocycles. The Balaban J connectivity index is 4.25. The van der Waals surface area contributed by atoms with E-state index in [-0.39, 0.29) is 11.4 Å². The summed E-state index contributed by atoms with van der Waals surface area (Å²) in [7, 11) is 0. The highest BCUT2D eigenvalue weighted by molar-refractivity contribution is 5.84. The van der Waals surface area contributed by atoms with Crippen molar-refractivity contribution in [3.05, 3.63) is 0 Å². The summed E-state index contributed by atoms with van der Waals surface area (Å²) in [4.78, 5) is 22.6. The highest BCUT2D eigenvalue weighted by atomic mass is 16.2. The second-order valence-corrected chi connectivity index (χ2v) is 4.74. The van der Waals surface area contributed by atoms with Crippen molar-refractivity contribution in [2.24, 2.45) is 5.73 Å². The second kappa shape index (κ2) is 5.84. The van der Waals surface area contributed by atoms with Gasteiger partial charge in [-0.05, 0) is 34.1 Å². The van der Waals surface area contributed by atoms with Crippen molar-refractivity contribution in [2.75, 3.05) is 0 Å². The van der Waals surface area contributed by atoms with Gasteiger partial charge in [0, 0.05) is 5.54 Å². The van der Waals surface area contributed by atoms with Crippen molar-refractivity contribution < 1.29 is 9.59 Å². The highest BCUT2D eigenvalue weighted by Crippen LogP contribution is 2.07. The Hall–Kier alpha value is -1.10. The van der Waals surface area contributed by atoms with E-state index in [1.807, 2.05) is 20.8 Å². The number of rotatable bonds is 6. The molecule has 0 saturated carbocycles. The van der Waals surface area contributed by atoms with Crippen molar-refractivity contribution in [2.45, 2.75) is 58.7 Å². The van der Waals surface area contributed by atoms with E-state index in [9.17, 15) is 9.59 Å². The lowest BCUT2D eigenvalue weighted by atomic mass is 10.0. The monoisotopic (exact) mass is 229 g/mol. The molecular formula is C11H23N3O2. The number of nitrogens with two attached hydrogens (primary N) is 1. The van der Waals surface area contributed by atoms with Crippen LogP contribution < -0.4 is 16.4 Å². The van der Waals surface area contributed by atoms with Gasteiger partial charge < -0.3 is 11.1 Å². The third-order valence-corrected chi connectivity index (χ3v) is 2.67. The lowest BCUT2D eigenvalue weighted by Crippen LogP contribution is -2.54. The van der Waals surface area contributed by atoms with Gasteiger partial charge in [-0.2, -0.15) is 0 Å². The molecule has 4 N–H and O–H groups in total. The third kappa shape index (κ3) is 5.11. The Morgan fingerprint density at radius 1 is 1.25 bits per heavy atom. The molecule has 0 aliphatic carbocycles. The number of nitrogens with one attached hydrogen (secondary N) is 2. The zero-order valence-electron chi connectivity index (χ0n) is 10.8. The fourth-order valence-corrected chi connectivity index (χ4v) is 1.06. The van der Waals surface area contributed by atoms with Crippen LogP contribution in [0, 0.1) is 0 Å². The van der Waals surface area contributed by atoms with Crippen LogP contribution in [0.5, 0.6) is 0 Å². The van der Waals surface area contributed by atoms with E-state index >= 15 is 0 Å². The number of hydrogen-bond donors (Lipinski definition) is 3. The maximum atomic E-state index is 11.7. The summed E-state index contributed by atoms with van der Waals surface area (Å²) in [5.74, 6) is -0.589. The fourth-order valence-electron chi connectivity index (χ4n) is 1.06. The SMILES string of the molecule is CCC(C)(C)NC(=O)C(C)NC(C)C(N)=O. The minimum Gasteiger partial charge on any atom is -0.368 e. The summed E-state index contributed by atoms with van der Waals surface area (Å²) in [5, 5.41) is 5.74. The van der Waals surface area contributed by atoms with Crippen LogP contribution in [0.15, 0.2) is 0 Å². The van der Waals surface area contributed by atoms with E-state index in [2.05, 4.69) is 10.6 Å². The molecule has 0 aromatic rings. The molecule has 0 aromatic carbocycles. The second-order valence-electron chi connectivity index (χ2n) is 4.74. The summed E-state index contributed by atoms with van der Waals surface area (Å²) in [5.41, 5.74) is 4.87. The van der Waals surface area contributed by atoms with E-state index in [1.165, 1.54) is 0 Å². The van der Waals surface area contributed by atoms with Gasteiger partial charge in [-0.25, -0.2) is 0 Å². The number of carbonyl (C=O) groups is 2. The topological polar surface area (TPSA) is 84.2 Å². The highest BCUT2D eigenvalue weighted by Gasteiger charge is 2.23. The van der Waals surface area contributed by atoms with Crippen LogP contribution in [0.1, 0.15) is 41.0 Å². The first kappa shape index (κ1) is 14.9. The first-order valence-corrected chi connectivity index (χ1v) is 5.57. The van der Waals surface area contributed by atoms with Gasteiger partial charge in [-0.1, -0.05) is 6.92 Å². The van der Waals surface area contributed by atoms with Crippen LogP contribution in [-0.2, 0) is 9.59 Å². The van der Waals surface area contributed by atoms with Crippen molar-refractivity contribution in [3.8, 4) is 0 Å². The van der Waals surface area contributed by atoms with E-state index < -0.39 is 18.0 Å². The molecule has 0 spiro atoms. The largest absolute Gasteiger partial charge is 0.368 e. The first-order chi connectivity index (χ1) is 7.19. The zero-order chi connectivity index (χ0) is 12.9. The molecule has 0 heterocycles. The molecule has 0 bridgehead atoms. The standard InChI is InChI=1S/C11H23N3O2/c1-6-11(4,5)14-10(16)8(3)13-7(2)9(12)15/h7-8,13H,6H2,1-5H3,(H2,12,15)(H,14,16). The van der Waals surface area contributed by atoms with Crippen LogP contribution in [-0.4, -0.2) is 29.4 Å².